The Morgan fingerprint density at radius 2 is 1.67 bits per heavy atom. The van der Waals surface area contributed by atoms with E-state index in [0.29, 0.717) is 0 Å². The van der Waals surface area contributed by atoms with Crippen LogP contribution in [0, 0.1) is 5.92 Å². The van der Waals surface area contributed by atoms with Gasteiger partial charge in [-0.2, -0.15) is 0 Å². The Balaban J connectivity index is 4.50. The molecule has 0 heterocycles. The fraction of sp³-hybridized carbons (Fsp3) is 0.800. The molecule has 88 valence electrons. The monoisotopic (exact) mass is 236 g/mol. The minimum Gasteiger partial charge on any atom is -0.457 e. The predicted octanol–water partition coefficient (Wildman–Crippen LogP) is 2.73. The standard InChI is InChI=1S/C10H17ClO4/c1-6(2)7(14-9(11)13)8(12)15-10(3,4)5/h6-7H,1-5H3. The van der Waals surface area contributed by atoms with Crippen molar-refractivity contribution in [3.63, 3.8) is 0 Å². The van der Waals surface area contributed by atoms with Gasteiger partial charge in [0.05, 0.1) is 0 Å². The molecule has 0 aromatic rings. The van der Waals surface area contributed by atoms with Crippen LogP contribution in [0.25, 0.3) is 0 Å². The maximum Gasteiger partial charge on any atom is 0.404 e. The van der Waals surface area contributed by atoms with E-state index >= 15 is 0 Å². The fourth-order valence-electron chi connectivity index (χ4n) is 0.916. The van der Waals surface area contributed by atoms with Crippen molar-refractivity contribution in [1.82, 2.24) is 0 Å². The van der Waals surface area contributed by atoms with E-state index < -0.39 is 23.1 Å². The van der Waals surface area contributed by atoms with Crippen LogP contribution in [0.15, 0.2) is 0 Å². The van der Waals surface area contributed by atoms with Gasteiger partial charge >= 0.3 is 11.4 Å². The number of carbonyl (C=O) groups is 2. The van der Waals surface area contributed by atoms with E-state index in [0.717, 1.165) is 0 Å². The van der Waals surface area contributed by atoms with Gasteiger partial charge in [-0.15, -0.1) is 0 Å². The van der Waals surface area contributed by atoms with Gasteiger partial charge in [0.1, 0.15) is 5.60 Å². The molecule has 15 heavy (non-hydrogen) atoms. The molecule has 0 amide bonds. The molecule has 0 saturated heterocycles. The van der Waals surface area contributed by atoms with E-state index in [2.05, 4.69) is 4.74 Å². The molecule has 0 aliphatic rings. The molecule has 0 aromatic carbocycles. The summed E-state index contributed by atoms with van der Waals surface area (Å²) in [5, 5.41) is 0. The second-order valence-corrected chi connectivity index (χ2v) is 4.86. The fourth-order valence-corrected chi connectivity index (χ4v) is 1.01. The van der Waals surface area contributed by atoms with Crippen molar-refractivity contribution in [2.24, 2.45) is 5.92 Å². The lowest BCUT2D eigenvalue weighted by molar-refractivity contribution is -0.166. The van der Waals surface area contributed by atoms with Crippen molar-refractivity contribution in [1.29, 1.82) is 0 Å². The third-order valence-electron chi connectivity index (χ3n) is 1.46. The summed E-state index contributed by atoms with van der Waals surface area (Å²) in [5.41, 5.74) is -1.61. The van der Waals surface area contributed by atoms with E-state index in [4.69, 9.17) is 16.3 Å². The molecule has 0 N–H and O–H groups in total. The van der Waals surface area contributed by atoms with Gasteiger partial charge in [-0.1, -0.05) is 13.8 Å². The van der Waals surface area contributed by atoms with Gasteiger partial charge in [-0.05, 0) is 20.8 Å². The van der Waals surface area contributed by atoms with Crippen molar-refractivity contribution in [3.05, 3.63) is 0 Å². The number of carbonyl (C=O) groups excluding carboxylic acids is 2. The van der Waals surface area contributed by atoms with Crippen molar-refractivity contribution in [2.75, 3.05) is 0 Å². The summed E-state index contributed by atoms with van der Waals surface area (Å²) in [7, 11) is 0. The summed E-state index contributed by atoms with van der Waals surface area (Å²) in [6.07, 6.45) is -0.950. The molecule has 0 saturated carbocycles. The van der Waals surface area contributed by atoms with E-state index in [1.165, 1.54) is 0 Å². The molecule has 0 aromatic heterocycles. The smallest absolute Gasteiger partial charge is 0.404 e. The number of hydrogen-bond acceptors (Lipinski definition) is 4. The number of halogens is 1. The molecule has 0 aliphatic heterocycles. The van der Waals surface area contributed by atoms with Crippen LogP contribution in [0.2, 0.25) is 0 Å². The van der Waals surface area contributed by atoms with Crippen LogP contribution in [0.3, 0.4) is 0 Å². The predicted molar refractivity (Wildman–Crippen MR) is 56.8 cm³/mol. The zero-order chi connectivity index (χ0) is 12.2. The lowest BCUT2D eigenvalue weighted by Gasteiger charge is -2.25. The van der Waals surface area contributed by atoms with Crippen molar-refractivity contribution in [2.45, 2.75) is 46.3 Å². The van der Waals surface area contributed by atoms with Crippen LogP contribution in [-0.4, -0.2) is 23.1 Å². The van der Waals surface area contributed by atoms with Crippen LogP contribution >= 0.6 is 11.6 Å². The molecular formula is C10H17ClO4. The van der Waals surface area contributed by atoms with E-state index in [-0.39, 0.29) is 5.92 Å². The Kier molecular flexibility index (Phi) is 5.08. The Bertz CT molecular complexity index is 242. The molecule has 0 aliphatic carbocycles. The first-order chi connectivity index (χ1) is 6.63. The van der Waals surface area contributed by atoms with Crippen molar-refractivity contribution >= 4 is 23.0 Å². The maximum atomic E-state index is 11.6. The molecule has 0 bridgehead atoms. The van der Waals surface area contributed by atoms with Gasteiger partial charge < -0.3 is 9.47 Å². The number of esters is 1. The minimum absolute atomic E-state index is 0.178. The van der Waals surface area contributed by atoms with Crippen LogP contribution in [0.5, 0.6) is 0 Å². The van der Waals surface area contributed by atoms with Crippen molar-refractivity contribution in [3.8, 4) is 0 Å². The molecule has 5 heteroatoms. The van der Waals surface area contributed by atoms with E-state index in [1.807, 2.05) is 0 Å². The van der Waals surface area contributed by atoms with Crippen LogP contribution in [0.4, 0.5) is 4.79 Å². The lowest BCUT2D eigenvalue weighted by atomic mass is 10.1. The molecule has 4 nitrogen and oxygen atoms in total. The van der Waals surface area contributed by atoms with E-state index in [1.54, 1.807) is 34.6 Å². The third-order valence-corrected chi connectivity index (χ3v) is 1.55. The molecule has 1 unspecified atom stereocenters. The van der Waals surface area contributed by atoms with E-state index in [9.17, 15) is 9.59 Å². The summed E-state index contributed by atoms with van der Waals surface area (Å²) in [5.74, 6) is -0.756. The zero-order valence-electron chi connectivity index (χ0n) is 9.67. The average molecular weight is 237 g/mol. The van der Waals surface area contributed by atoms with Crippen LogP contribution < -0.4 is 0 Å². The Morgan fingerprint density at radius 3 is 1.93 bits per heavy atom. The summed E-state index contributed by atoms with van der Waals surface area (Å²) in [6, 6.07) is 0. The van der Waals surface area contributed by atoms with Crippen LogP contribution in [0.1, 0.15) is 34.6 Å². The van der Waals surface area contributed by atoms with Gasteiger partial charge in [-0.25, -0.2) is 9.59 Å². The first-order valence-corrected chi connectivity index (χ1v) is 5.10. The van der Waals surface area contributed by atoms with Gasteiger partial charge in [0.25, 0.3) is 0 Å². The Hall–Kier alpha value is -0.770. The molecule has 0 spiro atoms. The number of ether oxygens (including phenoxy) is 2. The van der Waals surface area contributed by atoms with Gasteiger partial charge in [-0.3, -0.25) is 0 Å². The van der Waals surface area contributed by atoms with Gasteiger partial charge in [0.2, 0.25) is 6.10 Å². The highest BCUT2D eigenvalue weighted by molar-refractivity contribution is 6.61. The highest BCUT2D eigenvalue weighted by Gasteiger charge is 2.30. The molecule has 0 fully saturated rings. The largest absolute Gasteiger partial charge is 0.457 e. The van der Waals surface area contributed by atoms with Gasteiger partial charge in [0, 0.05) is 17.5 Å². The highest BCUT2D eigenvalue weighted by atomic mass is 35.5. The molecule has 0 rings (SSSR count). The first-order valence-electron chi connectivity index (χ1n) is 4.72. The second kappa shape index (κ2) is 5.35. The highest BCUT2D eigenvalue weighted by Crippen LogP contribution is 2.15. The average Bonchev–Trinajstić information content (AvgIpc) is 1.95. The maximum absolute atomic E-state index is 11.6. The molecule has 1 atom stereocenters. The first kappa shape index (κ1) is 14.2. The Labute approximate surface area is 94.9 Å². The zero-order valence-corrected chi connectivity index (χ0v) is 10.4. The topological polar surface area (TPSA) is 52.6 Å². The number of hydrogen-bond donors (Lipinski definition) is 0. The third kappa shape index (κ3) is 6.33. The summed E-state index contributed by atoms with van der Waals surface area (Å²) >= 11 is 5.06. The SMILES string of the molecule is CC(C)C(OC(=O)Cl)C(=O)OC(C)(C)C. The van der Waals surface area contributed by atoms with Gasteiger partial charge in [0.15, 0.2) is 0 Å². The summed E-state index contributed by atoms with van der Waals surface area (Å²) in [4.78, 5) is 22.1. The summed E-state index contributed by atoms with van der Waals surface area (Å²) in [6.45, 7) is 8.71. The molecular weight excluding hydrogens is 220 g/mol. The summed E-state index contributed by atoms with van der Waals surface area (Å²) < 4.78 is 9.76. The minimum atomic E-state index is -1.00. The number of rotatable bonds is 3. The quantitative estimate of drug-likeness (QED) is 0.559. The normalized spacial score (nSPS) is 13.5. The Morgan fingerprint density at radius 1 is 1.20 bits per heavy atom. The second-order valence-electron chi connectivity index (χ2n) is 4.55. The van der Waals surface area contributed by atoms with Crippen LogP contribution in [-0.2, 0) is 14.3 Å². The van der Waals surface area contributed by atoms with Crippen molar-refractivity contribution < 1.29 is 19.1 Å². The molecule has 0 radical (unpaired) electrons. The lowest BCUT2D eigenvalue weighted by Crippen LogP contribution is -2.37.